The third-order valence-corrected chi connectivity index (χ3v) is 2.23. The fourth-order valence-corrected chi connectivity index (χ4v) is 1.36. The minimum Gasteiger partial charge on any atom is -0.330 e. The Morgan fingerprint density at radius 2 is 2.27 bits per heavy atom. The SMILES string of the molecule is CCc1cccc(NC(=O)CCCN)c1. The molecule has 0 spiro atoms. The van der Waals surface area contributed by atoms with Gasteiger partial charge < -0.3 is 11.1 Å². The van der Waals surface area contributed by atoms with Gasteiger partial charge in [-0.05, 0) is 37.1 Å². The highest BCUT2D eigenvalue weighted by Crippen LogP contribution is 2.11. The molecule has 82 valence electrons. The molecule has 0 atom stereocenters. The van der Waals surface area contributed by atoms with Crippen molar-refractivity contribution >= 4 is 11.6 Å². The number of amides is 1. The van der Waals surface area contributed by atoms with E-state index in [0.717, 1.165) is 18.5 Å². The quantitative estimate of drug-likeness (QED) is 0.773. The van der Waals surface area contributed by atoms with Crippen LogP contribution in [0.4, 0.5) is 5.69 Å². The smallest absolute Gasteiger partial charge is 0.224 e. The maximum absolute atomic E-state index is 11.4. The third-order valence-electron chi connectivity index (χ3n) is 2.23. The molecule has 15 heavy (non-hydrogen) atoms. The Kier molecular flexibility index (Phi) is 4.84. The number of hydrogen-bond acceptors (Lipinski definition) is 2. The highest BCUT2D eigenvalue weighted by atomic mass is 16.1. The predicted molar refractivity (Wildman–Crippen MR) is 62.7 cm³/mol. The summed E-state index contributed by atoms with van der Waals surface area (Å²) in [5.74, 6) is 0.0358. The van der Waals surface area contributed by atoms with E-state index in [1.165, 1.54) is 5.56 Å². The van der Waals surface area contributed by atoms with E-state index in [1.54, 1.807) is 0 Å². The molecule has 0 aromatic heterocycles. The number of aryl methyl sites for hydroxylation is 1. The Balaban J connectivity index is 2.52. The summed E-state index contributed by atoms with van der Waals surface area (Å²) in [4.78, 5) is 11.4. The molecule has 0 saturated heterocycles. The van der Waals surface area contributed by atoms with Crippen LogP contribution < -0.4 is 11.1 Å². The molecule has 0 aliphatic carbocycles. The monoisotopic (exact) mass is 206 g/mol. The standard InChI is InChI=1S/C12H18N2O/c1-2-10-5-3-6-11(9-10)14-12(15)7-4-8-13/h3,5-6,9H,2,4,7-8,13H2,1H3,(H,14,15). The summed E-state index contributed by atoms with van der Waals surface area (Å²) in [5.41, 5.74) is 7.44. The minimum atomic E-state index is 0.0358. The van der Waals surface area contributed by atoms with E-state index in [4.69, 9.17) is 5.73 Å². The van der Waals surface area contributed by atoms with Gasteiger partial charge in [0.1, 0.15) is 0 Å². The molecular weight excluding hydrogens is 188 g/mol. The van der Waals surface area contributed by atoms with Gasteiger partial charge in [0.05, 0.1) is 0 Å². The number of nitrogens with two attached hydrogens (primary N) is 1. The Hall–Kier alpha value is -1.35. The van der Waals surface area contributed by atoms with Crippen molar-refractivity contribution in [2.75, 3.05) is 11.9 Å². The number of hydrogen-bond donors (Lipinski definition) is 2. The zero-order valence-electron chi connectivity index (χ0n) is 9.12. The van der Waals surface area contributed by atoms with Crippen LogP contribution in [0.2, 0.25) is 0 Å². The van der Waals surface area contributed by atoms with Crippen LogP contribution in [0.5, 0.6) is 0 Å². The molecule has 0 bridgehead atoms. The van der Waals surface area contributed by atoms with Crippen molar-refractivity contribution in [3.63, 3.8) is 0 Å². The normalized spacial score (nSPS) is 10.0. The second-order valence-electron chi connectivity index (χ2n) is 3.49. The molecular formula is C12H18N2O. The van der Waals surface area contributed by atoms with Gasteiger partial charge in [0.25, 0.3) is 0 Å². The van der Waals surface area contributed by atoms with Crippen molar-refractivity contribution in [3.8, 4) is 0 Å². The van der Waals surface area contributed by atoms with E-state index in [2.05, 4.69) is 18.3 Å². The first-order chi connectivity index (χ1) is 7.26. The number of anilines is 1. The molecule has 0 heterocycles. The van der Waals surface area contributed by atoms with E-state index < -0.39 is 0 Å². The van der Waals surface area contributed by atoms with Crippen molar-refractivity contribution in [2.24, 2.45) is 5.73 Å². The summed E-state index contributed by atoms with van der Waals surface area (Å²) in [5, 5.41) is 2.86. The van der Waals surface area contributed by atoms with Crippen LogP contribution in [0.1, 0.15) is 25.3 Å². The number of carbonyl (C=O) groups is 1. The van der Waals surface area contributed by atoms with Crippen LogP contribution in [0.15, 0.2) is 24.3 Å². The van der Waals surface area contributed by atoms with Crippen LogP contribution in [0, 0.1) is 0 Å². The van der Waals surface area contributed by atoms with Gasteiger partial charge in [0.2, 0.25) is 5.91 Å². The number of rotatable bonds is 5. The molecule has 1 rings (SSSR count). The zero-order valence-corrected chi connectivity index (χ0v) is 9.12. The van der Waals surface area contributed by atoms with E-state index in [0.29, 0.717) is 13.0 Å². The van der Waals surface area contributed by atoms with E-state index >= 15 is 0 Å². The molecule has 3 nitrogen and oxygen atoms in total. The van der Waals surface area contributed by atoms with Gasteiger partial charge in [-0.3, -0.25) is 4.79 Å². The Bertz CT molecular complexity index is 323. The fraction of sp³-hybridized carbons (Fsp3) is 0.417. The highest BCUT2D eigenvalue weighted by Gasteiger charge is 2.01. The predicted octanol–water partition coefficient (Wildman–Crippen LogP) is 1.93. The minimum absolute atomic E-state index is 0.0358. The number of carbonyl (C=O) groups excluding carboxylic acids is 1. The van der Waals surface area contributed by atoms with Gasteiger partial charge in [-0.15, -0.1) is 0 Å². The summed E-state index contributed by atoms with van der Waals surface area (Å²) >= 11 is 0. The van der Waals surface area contributed by atoms with Crippen LogP contribution in [-0.2, 0) is 11.2 Å². The Morgan fingerprint density at radius 3 is 2.93 bits per heavy atom. The summed E-state index contributed by atoms with van der Waals surface area (Å²) in [6, 6.07) is 7.91. The topological polar surface area (TPSA) is 55.1 Å². The molecule has 1 amide bonds. The van der Waals surface area contributed by atoms with Crippen molar-refractivity contribution in [1.29, 1.82) is 0 Å². The van der Waals surface area contributed by atoms with Crippen LogP contribution >= 0.6 is 0 Å². The lowest BCUT2D eigenvalue weighted by molar-refractivity contribution is -0.116. The lowest BCUT2D eigenvalue weighted by Crippen LogP contribution is -2.13. The maximum Gasteiger partial charge on any atom is 0.224 e. The van der Waals surface area contributed by atoms with Gasteiger partial charge in [0, 0.05) is 12.1 Å². The van der Waals surface area contributed by atoms with Crippen LogP contribution in [0.3, 0.4) is 0 Å². The average molecular weight is 206 g/mol. The van der Waals surface area contributed by atoms with Gasteiger partial charge in [-0.1, -0.05) is 19.1 Å². The molecule has 1 aromatic rings. The summed E-state index contributed by atoms with van der Waals surface area (Å²) in [7, 11) is 0. The van der Waals surface area contributed by atoms with Gasteiger partial charge >= 0.3 is 0 Å². The van der Waals surface area contributed by atoms with E-state index in [9.17, 15) is 4.79 Å². The summed E-state index contributed by atoms with van der Waals surface area (Å²) < 4.78 is 0. The van der Waals surface area contributed by atoms with Crippen molar-refractivity contribution < 1.29 is 4.79 Å². The maximum atomic E-state index is 11.4. The largest absolute Gasteiger partial charge is 0.330 e. The first kappa shape index (κ1) is 11.7. The summed E-state index contributed by atoms with van der Waals surface area (Å²) in [6.07, 6.45) is 2.21. The molecule has 0 fully saturated rings. The first-order valence-corrected chi connectivity index (χ1v) is 5.35. The van der Waals surface area contributed by atoms with E-state index in [-0.39, 0.29) is 5.91 Å². The molecule has 0 saturated carbocycles. The molecule has 0 aliphatic heterocycles. The molecule has 0 unspecified atom stereocenters. The molecule has 0 aliphatic rings. The highest BCUT2D eigenvalue weighted by molar-refractivity contribution is 5.90. The first-order valence-electron chi connectivity index (χ1n) is 5.35. The van der Waals surface area contributed by atoms with Crippen LogP contribution in [0.25, 0.3) is 0 Å². The second-order valence-corrected chi connectivity index (χ2v) is 3.49. The Morgan fingerprint density at radius 1 is 1.47 bits per heavy atom. The third kappa shape index (κ3) is 4.13. The molecule has 0 radical (unpaired) electrons. The van der Waals surface area contributed by atoms with E-state index in [1.807, 2.05) is 18.2 Å². The lowest BCUT2D eigenvalue weighted by atomic mass is 10.1. The summed E-state index contributed by atoms with van der Waals surface area (Å²) in [6.45, 7) is 2.65. The van der Waals surface area contributed by atoms with Gasteiger partial charge in [-0.25, -0.2) is 0 Å². The lowest BCUT2D eigenvalue weighted by Gasteiger charge is -2.05. The van der Waals surface area contributed by atoms with Crippen molar-refractivity contribution in [1.82, 2.24) is 0 Å². The number of nitrogens with one attached hydrogen (secondary N) is 1. The number of benzene rings is 1. The fourth-order valence-electron chi connectivity index (χ4n) is 1.36. The second kappa shape index (κ2) is 6.19. The molecule has 3 heteroatoms. The van der Waals surface area contributed by atoms with Crippen molar-refractivity contribution in [2.45, 2.75) is 26.2 Å². The van der Waals surface area contributed by atoms with Crippen LogP contribution in [-0.4, -0.2) is 12.5 Å². The molecule has 1 aromatic carbocycles. The van der Waals surface area contributed by atoms with Crippen molar-refractivity contribution in [3.05, 3.63) is 29.8 Å². The zero-order chi connectivity index (χ0) is 11.1. The van der Waals surface area contributed by atoms with Gasteiger partial charge in [0.15, 0.2) is 0 Å². The Labute approximate surface area is 90.7 Å². The van der Waals surface area contributed by atoms with Gasteiger partial charge in [-0.2, -0.15) is 0 Å². The molecule has 3 N–H and O–H groups in total. The average Bonchev–Trinajstić information content (AvgIpc) is 2.26.